The van der Waals surface area contributed by atoms with Crippen molar-refractivity contribution in [3.8, 4) is 5.75 Å². The molecule has 0 amide bonds. The van der Waals surface area contributed by atoms with Gasteiger partial charge in [0.1, 0.15) is 5.75 Å². The van der Waals surface area contributed by atoms with Crippen LogP contribution in [0.15, 0.2) is 48.5 Å². The van der Waals surface area contributed by atoms with Crippen molar-refractivity contribution in [1.82, 2.24) is 0 Å². The molecule has 102 valence electrons. The van der Waals surface area contributed by atoms with Crippen molar-refractivity contribution in [1.29, 1.82) is 0 Å². The molecule has 0 spiro atoms. The van der Waals surface area contributed by atoms with Gasteiger partial charge >= 0.3 is 0 Å². The zero-order valence-corrected chi connectivity index (χ0v) is 11.3. The van der Waals surface area contributed by atoms with Crippen molar-refractivity contribution in [2.24, 2.45) is 0 Å². The van der Waals surface area contributed by atoms with E-state index >= 15 is 0 Å². The molecule has 0 atom stereocenters. The Hall–Kier alpha value is -2.88. The molecule has 0 aliphatic rings. The standard InChI is InChI=1S/C17H11NO3/c1-21-15-9-14(18(19)20)12-7-5-10-3-2-4-11-6-8-13(15)17(12)16(10)11/h2-9H,1H3. The highest BCUT2D eigenvalue weighted by atomic mass is 16.6. The Bertz CT molecular complexity index is 991. The first-order valence-electron chi connectivity index (χ1n) is 6.59. The van der Waals surface area contributed by atoms with E-state index in [-0.39, 0.29) is 10.6 Å². The number of non-ortho nitro benzene ring substituents is 1. The number of nitrogens with zero attached hydrogens (tertiary/aromatic N) is 1. The van der Waals surface area contributed by atoms with E-state index in [1.54, 1.807) is 0 Å². The van der Waals surface area contributed by atoms with Gasteiger partial charge in [0, 0.05) is 10.8 Å². The second kappa shape index (κ2) is 4.06. The van der Waals surface area contributed by atoms with Crippen LogP contribution in [-0.4, -0.2) is 12.0 Å². The van der Waals surface area contributed by atoms with Gasteiger partial charge in [-0.25, -0.2) is 0 Å². The average Bonchev–Trinajstić information content (AvgIpc) is 2.51. The summed E-state index contributed by atoms with van der Waals surface area (Å²) in [6.07, 6.45) is 0. The Labute approximate surface area is 120 Å². The van der Waals surface area contributed by atoms with Gasteiger partial charge in [-0.3, -0.25) is 10.1 Å². The molecule has 0 radical (unpaired) electrons. The van der Waals surface area contributed by atoms with Crippen LogP contribution in [0.2, 0.25) is 0 Å². The molecule has 0 aliphatic heterocycles. The first-order chi connectivity index (χ1) is 10.2. The summed E-state index contributed by atoms with van der Waals surface area (Å²) >= 11 is 0. The third-order valence-electron chi connectivity index (χ3n) is 4.00. The lowest BCUT2D eigenvalue weighted by Gasteiger charge is -2.13. The third-order valence-corrected chi connectivity index (χ3v) is 4.00. The normalized spacial score (nSPS) is 11.5. The molecule has 0 aromatic heterocycles. The summed E-state index contributed by atoms with van der Waals surface area (Å²) in [5, 5.41) is 17.0. The van der Waals surface area contributed by atoms with Crippen LogP contribution in [0.1, 0.15) is 0 Å². The Balaban J connectivity index is 2.37. The monoisotopic (exact) mass is 277 g/mol. The Kier molecular flexibility index (Phi) is 2.30. The molecule has 4 rings (SSSR count). The van der Waals surface area contributed by atoms with Gasteiger partial charge in [-0.05, 0) is 28.3 Å². The van der Waals surface area contributed by atoms with Crippen molar-refractivity contribution in [3.05, 3.63) is 58.6 Å². The minimum atomic E-state index is -0.353. The zero-order valence-electron chi connectivity index (χ0n) is 11.3. The molecule has 21 heavy (non-hydrogen) atoms. The Morgan fingerprint density at radius 2 is 1.62 bits per heavy atom. The lowest BCUT2D eigenvalue weighted by molar-refractivity contribution is -0.383. The van der Waals surface area contributed by atoms with E-state index in [0.29, 0.717) is 11.1 Å². The molecule has 0 unspecified atom stereocenters. The number of hydrogen-bond acceptors (Lipinski definition) is 3. The molecule has 0 saturated carbocycles. The van der Waals surface area contributed by atoms with Crippen LogP contribution in [-0.2, 0) is 0 Å². The van der Waals surface area contributed by atoms with Gasteiger partial charge < -0.3 is 4.74 Å². The number of hydrogen-bond donors (Lipinski definition) is 0. The highest BCUT2D eigenvalue weighted by molar-refractivity contribution is 6.25. The molecule has 4 nitrogen and oxygen atoms in total. The summed E-state index contributed by atoms with van der Waals surface area (Å²) in [5.74, 6) is 0.535. The van der Waals surface area contributed by atoms with E-state index in [2.05, 4.69) is 0 Å². The number of methoxy groups -OCH3 is 1. The van der Waals surface area contributed by atoms with E-state index in [9.17, 15) is 10.1 Å². The lowest BCUT2D eigenvalue weighted by atomic mass is 9.93. The molecular formula is C17H11NO3. The van der Waals surface area contributed by atoms with Gasteiger partial charge in [0.25, 0.3) is 5.69 Å². The summed E-state index contributed by atoms with van der Waals surface area (Å²) < 4.78 is 5.36. The quantitative estimate of drug-likeness (QED) is 0.308. The zero-order chi connectivity index (χ0) is 14.6. The maximum atomic E-state index is 11.4. The Morgan fingerprint density at radius 1 is 0.952 bits per heavy atom. The van der Waals surface area contributed by atoms with E-state index in [1.165, 1.54) is 13.2 Å². The number of rotatable bonds is 2. The highest BCUT2D eigenvalue weighted by Gasteiger charge is 2.20. The van der Waals surface area contributed by atoms with Crippen molar-refractivity contribution >= 4 is 38.0 Å². The van der Waals surface area contributed by atoms with Crippen molar-refractivity contribution in [2.75, 3.05) is 7.11 Å². The molecule has 0 heterocycles. The van der Waals surface area contributed by atoms with E-state index in [0.717, 1.165) is 26.9 Å². The SMILES string of the molecule is COc1cc([N+](=O)[O-])c2ccc3cccc4ccc1c2c43. The predicted molar refractivity (Wildman–Crippen MR) is 83.4 cm³/mol. The summed E-state index contributed by atoms with van der Waals surface area (Å²) in [6, 6.07) is 15.3. The summed E-state index contributed by atoms with van der Waals surface area (Å²) in [5.41, 5.74) is 0.0811. The molecule has 0 N–H and O–H groups in total. The molecular weight excluding hydrogens is 266 g/mol. The van der Waals surface area contributed by atoms with Crippen LogP contribution < -0.4 is 4.74 Å². The van der Waals surface area contributed by atoms with E-state index in [1.807, 2.05) is 42.5 Å². The molecule has 0 bridgehead atoms. The minimum absolute atomic E-state index is 0.0811. The fourth-order valence-electron chi connectivity index (χ4n) is 3.10. The van der Waals surface area contributed by atoms with Crippen LogP contribution in [0.25, 0.3) is 32.3 Å². The summed E-state index contributed by atoms with van der Waals surface area (Å²) in [7, 11) is 1.54. The first kappa shape index (κ1) is 11.9. The number of nitro groups is 1. The number of nitro benzene ring substituents is 1. The average molecular weight is 277 g/mol. The van der Waals surface area contributed by atoms with Crippen molar-refractivity contribution < 1.29 is 9.66 Å². The van der Waals surface area contributed by atoms with Crippen molar-refractivity contribution in [2.45, 2.75) is 0 Å². The second-order valence-corrected chi connectivity index (χ2v) is 5.04. The van der Waals surface area contributed by atoms with Crippen LogP contribution in [0.4, 0.5) is 5.69 Å². The highest BCUT2D eigenvalue weighted by Crippen LogP contribution is 2.42. The molecule has 0 saturated heterocycles. The molecule has 0 aliphatic carbocycles. The molecule has 0 fully saturated rings. The third kappa shape index (κ3) is 1.50. The molecule has 4 aromatic carbocycles. The van der Waals surface area contributed by atoms with Crippen LogP contribution >= 0.6 is 0 Å². The maximum absolute atomic E-state index is 11.4. The van der Waals surface area contributed by atoms with Gasteiger partial charge in [-0.1, -0.05) is 30.3 Å². The number of benzene rings is 4. The minimum Gasteiger partial charge on any atom is -0.496 e. The van der Waals surface area contributed by atoms with Gasteiger partial charge in [0.15, 0.2) is 0 Å². The predicted octanol–water partition coefficient (Wildman–Crippen LogP) is 4.50. The first-order valence-corrected chi connectivity index (χ1v) is 6.59. The van der Waals surface area contributed by atoms with Gasteiger partial charge in [0.2, 0.25) is 0 Å². The van der Waals surface area contributed by atoms with Crippen molar-refractivity contribution in [3.63, 3.8) is 0 Å². The fourth-order valence-corrected chi connectivity index (χ4v) is 3.10. The molecule has 4 aromatic rings. The topological polar surface area (TPSA) is 52.4 Å². The lowest BCUT2D eigenvalue weighted by Crippen LogP contribution is -1.94. The summed E-state index contributed by atoms with van der Waals surface area (Å²) in [6.45, 7) is 0. The van der Waals surface area contributed by atoms with Crippen LogP contribution in [0, 0.1) is 10.1 Å². The Morgan fingerprint density at radius 3 is 2.24 bits per heavy atom. The summed E-state index contributed by atoms with van der Waals surface area (Å²) in [4.78, 5) is 11.0. The van der Waals surface area contributed by atoms with E-state index in [4.69, 9.17) is 4.74 Å². The largest absolute Gasteiger partial charge is 0.496 e. The maximum Gasteiger partial charge on any atom is 0.280 e. The van der Waals surface area contributed by atoms with Gasteiger partial charge in [-0.15, -0.1) is 0 Å². The van der Waals surface area contributed by atoms with Crippen LogP contribution in [0.3, 0.4) is 0 Å². The van der Waals surface area contributed by atoms with E-state index < -0.39 is 0 Å². The van der Waals surface area contributed by atoms with Crippen LogP contribution in [0.5, 0.6) is 5.75 Å². The fraction of sp³-hybridized carbons (Fsp3) is 0.0588. The number of ether oxygens (including phenoxy) is 1. The second-order valence-electron chi connectivity index (χ2n) is 5.04. The smallest absolute Gasteiger partial charge is 0.280 e. The van der Waals surface area contributed by atoms with Gasteiger partial charge in [-0.2, -0.15) is 0 Å². The van der Waals surface area contributed by atoms with Gasteiger partial charge in [0.05, 0.1) is 23.5 Å². The molecule has 4 heteroatoms.